The highest BCUT2D eigenvalue weighted by molar-refractivity contribution is 6.30. The van der Waals surface area contributed by atoms with E-state index >= 15 is 0 Å². The van der Waals surface area contributed by atoms with Crippen molar-refractivity contribution in [2.75, 3.05) is 7.11 Å². The maximum atomic E-state index is 12.3. The maximum absolute atomic E-state index is 12.3. The molecule has 0 fully saturated rings. The molecule has 0 radical (unpaired) electrons. The fraction of sp³-hybridized carbons (Fsp3) is 0.0952. The van der Waals surface area contributed by atoms with Crippen LogP contribution in [-0.4, -0.2) is 23.9 Å². The number of carbonyl (C=O) groups excluding carboxylic acids is 2. The van der Waals surface area contributed by atoms with Crippen LogP contribution in [0.25, 0.3) is 0 Å². The molecule has 2 N–H and O–H groups in total. The van der Waals surface area contributed by atoms with Gasteiger partial charge in [-0.05, 0) is 48.0 Å². The van der Waals surface area contributed by atoms with E-state index in [9.17, 15) is 9.59 Å². The Labute approximate surface area is 172 Å². The second-order valence-corrected chi connectivity index (χ2v) is 6.37. The average Bonchev–Trinajstić information content (AvgIpc) is 2.77. The maximum Gasteiger partial charge on any atom is 0.271 e. The lowest BCUT2D eigenvalue weighted by Crippen LogP contribution is -2.41. The minimum atomic E-state index is -0.496. The van der Waals surface area contributed by atoms with Crippen LogP contribution in [0, 0.1) is 0 Å². The van der Waals surface area contributed by atoms with E-state index in [0.29, 0.717) is 34.3 Å². The van der Waals surface area contributed by atoms with Crippen molar-refractivity contribution >= 4 is 23.4 Å². The number of hydrazine groups is 1. The summed E-state index contributed by atoms with van der Waals surface area (Å²) in [5.41, 5.74) is 6.26. The van der Waals surface area contributed by atoms with Crippen molar-refractivity contribution in [1.29, 1.82) is 0 Å². The van der Waals surface area contributed by atoms with Crippen LogP contribution in [0.4, 0.5) is 0 Å². The number of carbonyl (C=O) groups is 2. The molecule has 0 saturated carbocycles. The van der Waals surface area contributed by atoms with E-state index in [1.54, 1.807) is 42.6 Å². The molecule has 3 rings (SSSR count). The number of methoxy groups -OCH3 is 1. The molecule has 3 aromatic rings. The summed E-state index contributed by atoms with van der Waals surface area (Å²) in [6.07, 6.45) is 2.95. The molecule has 8 heteroatoms. The zero-order valence-electron chi connectivity index (χ0n) is 15.5. The lowest BCUT2D eigenvalue weighted by molar-refractivity contribution is 0.0846. The van der Waals surface area contributed by atoms with E-state index in [1.807, 2.05) is 12.1 Å². The first-order valence-electron chi connectivity index (χ1n) is 8.63. The van der Waals surface area contributed by atoms with Crippen LogP contribution in [0.3, 0.4) is 0 Å². The summed E-state index contributed by atoms with van der Waals surface area (Å²) in [6.45, 7) is 0.320. The van der Waals surface area contributed by atoms with E-state index in [-0.39, 0.29) is 0 Å². The molecule has 0 saturated heterocycles. The van der Waals surface area contributed by atoms with Gasteiger partial charge in [-0.3, -0.25) is 25.4 Å². The number of nitrogens with one attached hydrogen (secondary N) is 2. The van der Waals surface area contributed by atoms with Crippen molar-refractivity contribution in [1.82, 2.24) is 15.8 Å². The van der Waals surface area contributed by atoms with Crippen LogP contribution < -0.4 is 20.3 Å². The number of ether oxygens (including phenoxy) is 2. The highest BCUT2D eigenvalue weighted by atomic mass is 35.5. The molecular weight excluding hydrogens is 394 g/mol. The monoisotopic (exact) mass is 411 g/mol. The van der Waals surface area contributed by atoms with Crippen molar-refractivity contribution < 1.29 is 19.1 Å². The Hall–Kier alpha value is -3.58. The van der Waals surface area contributed by atoms with Gasteiger partial charge in [-0.2, -0.15) is 0 Å². The number of benzene rings is 2. The first-order chi connectivity index (χ1) is 14.1. The zero-order chi connectivity index (χ0) is 20.6. The highest BCUT2D eigenvalue weighted by Crippen LogP contribution is 2.29. The summed E-state index contributed by atoms with van der Waals surface area (Å²) in [6, 6.07) is 15.2. The number of halogens is 1. The first kappa shape index (κ1) is 20.2. The average molecular weight is 412 g/mol. The van der Waals surface area contributed by atoms with Gasteiger partial charge in [-0.1, -0.05) is 23.7 Å². The molecule has 0 spiro atoms. The minimum absolute atomic E-state index is 0.298. The van der Waals surface area contributed by atoms with Gasteiger partial charge in [0.15, 0.2) is 11.5 Å². The Morgan fingerprint density at radius 2 is 1.69 bits per heavy atom. The van der Waals surface area contributed by atoms with Gasteiger partial charge in [0.2, 0.25) is 0 Å². The number of rotatable bonds is 6. The van der Waals surface area contributed by atoms with Crippen molar-refractivity contribution in [2.24, 2.45) is 0 Å². The van der Waals surface area contributed by atoms with Crippen LogP contribution in [0.2, 0.25) is 5.02 Å². The third kappa shape index (κ3) is 5.46. The molecule has 0 aliphatic carbocycles. The SMILES string of the molecule is COc1cc(C(=O)NNC(=O)c2cccnc2)ccc1OCc1ccc(Cl)cc1. The van der Waals surface area contributed by atoms with Crippen molar-refractivity contribution in [3.8, 4) is 11.5 Å². The topological polar surface area (TPSA) is 89.6 Å². The fourth-order valence-corrected chi connectivity index (χ4v) is 2.55. The molecule has 148 valence electrons. The summed E-state index contributed by atoms with van der Waals surface area (Å²) in [4.78, 5) is 28.2. The van der Waals surface area contributed by atoms with Gasteiger partial charge in [0.25, 0.3) is 11.8 Å². The highest BCUT2D eigenvalue weighted by Gasteiger charge is 2.13. The van der Waals surface area contributed by atoms with Gasteiger partial charge in [0.05, 0.1) is 12.7 Å². The Morgan fingerprint density at radius 3 is 2.34 bits per heavy atom. The number of pyridine rings is 1. The Bertz CT molecular complexity index is 995. The van der Waals surface area contributed by atoms with Gasteiger partial charge >= 0.3 is 0 Å². The van der Waals surface area contributed by atoms with E-state index in [2.05, 4.69) is 15.8 Å². The van der Waals surface area contributed by atoms with Crippen LogP contribution in [0.15, 0.2) is 67.0 Å². The second kappa shape index (κ2) is 9.57. The minimum Gasteiger partial charge on any atom is -0.493 e. The molecule has 0 aliphatic rings. The quantitative estimate of drug-likeness (QED) is 0.607. The number of nitrogens with zero attached hydrogens (tertiary/aromatic N) is 1. The summed E-state index contributed by atoms with van der Waals surface area (Å²) >= 11 is 5.88. The van der Waals surface area contributed by atoms with E-state index in [1.165, 1.54) is 19.4 Å². The molecule has 2 aromatic carbocycles. The Kier molecular flexibility index (Phi) is 6.65. The van der Waals surface area contributed by atoms with Crippen molar-refractivity contribution in [3.63, 3.8) is 0 Å². The number of hydrogen-bond acceptors (Lipinski definition) is 5. The normalized spacial score (nSPS) is 10.1. The zero-order valence-corrected chi connectivity index (χ0v) is 16.3. The van der Waals surface area contributed by atoms with Gasteiger partial charge in [-0.25, -0.2) is 0 Å². The lowest BCUT2D eigenvalue weighted by Gasteiger charge is -2.13. The predicted molar refractivity (Wildman–Crippen MR) is 108 cm³/mol. The number of amides is 2. The first-order valence-corrected chi connectivity index (χ1v) is 9.00. The van der Waals surface area contributed by atoms with E-state index in [0.717, 1.165) is 5.56 Å². The van der Waals surface area contributed by atoms with Crippen molar-refractivity contribution in [2.45, 2.75) is 6.61 Å². The summed E-state index contributed by atoms with van der Waals surface area (Å²) in [5.74, 6) is -0.0882. The van der Waals surface area contributed by atoms with Gasteiger partial charge < -0.3 is 9.47 Å². The molecule has 1 heterocycles. The third-order valence-electron chi connectivity index (χ3n) is 3.95. The number of aromatic nitrogens is 1. The fourth-order valence-electron chi connectivity index (χ4n) is 2.42. The molecule has 29 heavy (non-hydrogen) atoms. The molecule has 1 aromatic heterocycles. The molecule has 0 bridgehead atoms. The molecule has 0 atom stereocenters. The Morgan fingerprint density at radius 1 is 0.966 bits per heavy atom. The third-order valence-corrected chi connectivity index (χ3v) is 4.20. The summed E-state index contributed by atoms with van der Waals surface area (Å²) in [5, 5.41) is 0.650. The van der Waals surface area contributed by atoms with Crippen LogP contribution in [-0.2, 0) is 6.61 Å². The molecule has 7 nitrogen and oxygen atoms in total. The summed E-state index contributed by atoms with van der Waals surface area (Å²) in [7, 11) is 1.48. The Balaban J connectivity index is 1.62. The second-order valence-electron chi connectivity index (χ2n) is 5.93. The molecular formula is C21H18ClN3O4. The predicted octanol–water partition coefficient (Wildman–Crippen LogP) is 3.40. The van der Waals surface area contributed by atoms with Gasteiger partial charge in [-0.15, -0.1) is 0 Å². The van der Waals surface area contributed by atoms with Gasteiger partial charge in [0, 0.05) is 23.0 Å². The molecule has 0 unspecified atom stereocenters. The molecule has 0 aliphatic heterocycles. The van der Waals surface area contributed by atoms with Crippen molar-refractivity contribution in [3.05, 3.63) is 88.7 Å². The van der Waals surface area contributed by atoms with Crippen LogP contribution in [0.5, 0.6) is 11.5 Å². The largest absolute Gasteiger partial charge is 0.493 e. The molecule has 2 amide bonds. The number of hydrogen-bond donors (Lipinski definition) is 2. The summed E-state index contributed by atoms with van der Waals surface area (Å²) < 4.78 is 11.1. The smallest absolute Gasteiger partial charge is 0.271 e. The van der Waals surface area contributed by atoms with E-state index < -0.39 is 11.8 Å². The van der Waals surface area contributed by atoms with E-state index in [4.69, 9.17) is 21.1 Å². The van der Waals surface area contributed by atoms with Crippen LogP contribution >= 0.6 is 11.6 Å². The lowest BCUT2D eigenvalue weighted by atomic mass is 10.2. The van der Waals surface area contributed by atoms with Crippen LogP contribution in [0.1, 0.15) is 26.3 Å². The van der Waals surface area contributed by atoms with Gasteiger partial charge in [0.1, 0.15) is 6.61 Å². The standard InChI is InChI=1S/C21H18ClN3O4/c1-28-19-11-15(20(26)24-25-21(27)16-3-2-10-23-12-16)6-9-18(19)29-13-14-4-7-17(22)8-5-14/h2-12H,13H2,1H3,(H,24,26)(H,25,27).